The summed E-state index contributed by atoms with van der Waals surface area (Å²) < 4.78 is 24.0. The average molecular weight is 249 g/mol. The highest BCUT2D eigenvalue weighted by atomic mass is 19.1. The lowest BCUT2D eigenvalue weighted by atomic mass is 10.00. The van der Waals surface area contributed by atoms with Crippen molar-refractivity contribution in [3.8, 4) is 5.75 Å². The van der Waals surface area contributed by atoms with Gasteiger partial charge in [-0.05, 0) is 31.2 Å². The Balaban J connectivity index is 2.22. The Morgan fingerprint density at radius 1 is 1.39 bits per heavy atom. The van der Waals surface area contributed by atoms with Crippen LogP contribution in [-0.2, 0) is 6.42 Å². The van der Waals surface area contributed by atoms with Crippen LogP contribution in [-0.4, -0.2) is 14.2 Å². The van der Waals surface area contributed by atoms with Crippen LogP contribution >= 0.6 is 0 Å². The van der Waals surface area contributed by atoms with Crippen molar-refractivity contribution in [2.45, 2.75) is 12.5 Å². The van der Waals surface area contributed by atoms with E-state index in [1.165, 1.54) is 13.2 Å². The first kappa shape index (κ1) is 12.6. The third kappa shape index (κ3) is 2.71. The number of likely N-dealkylation sites (N-methyl/N-ethyl adjacent to an activating group) is 1. The molecule has 3 nitrogen and oxygen atoms in total. The lowest BCUT2D eigenvalue weighted by Gasteiger charge is -2.17. The van der Waals surface area contributed by atoms with Crippen LogP contribution in [0.15, 0.2) is 41.2 Å². The Morgan fingerprint density at radius 3 is 2.78 bits per heavy atom. The number of methoxy groups -OCH3 is 1. The first-order chi connectivity index (χ1) is 8.74. The van der Waals surface area contributed by atoms with Gasteiger partial charge in [0, 0.05) is 17.7 Å². The maximum absolute atomic E-state index is 14.0. The van der Waals surface area contributed by atoms with E-state index in [0.717, 1.165) is 5.56 Å². The average Bonchev–Trinajstić information content (AvgIpc) is 2.89. The quantitative estimate of drug-likeness (QED) is 0.884. The molecular weight excluding hydrogens is 233 g/mol. The molecule has 2 aromatic rings. The fraction of sp³-hybridized carbons (Fsp3) is 0.286. The van der Waals surface area contributed by atoms with Gasteiger partial charge in [0.2, 0.25) is 0 Å². The van der Waals surface area contributed by atoms with Crippen molar-refractivity contribution >= 4 is 0 Å². The van der Waals surface area contributed by atoms with Crippen LogP contribution < -0.4 is 10.1 Å². The zero-order valence-electron chi connectivity index (χ0n) is 10.4. The van der Waals surface area contributed by atoms with Crippen molar-refractivity contribution in [2.75, 3.05) is 14.2 Å². The molecule has 1 unspecified atom stereocenters. The highest BCUT2D eigenvalue weighted by Gasteiger charge is 2.15. The molecule has 0 aliphatic heterocycles. The van der Waals surface area contributed by atoms with Crippen molar-refractivity contribution in [3.05, 3.63) is 53.7 Å². The summed E-state index contributed by atoms with van der Waals surface area (Å²) in [7, 11) is 3.34. The third-order valence-corrected chi connectivity index (χ3v) is 2.95. The number of benzene rings is 1. The molecule has 4 heteroatoms. The van der Waals surface area contributed by atoms with Gasteiger partial charge in [-0.25, -0.2) is 4.39 Å². The van der Waals surface area contributed by atoms with Gasteiger partial charge in [-0.1, -0.05) is 6.07 Å². The number of halogens is 1. The molecule has 2 rings (SSSR count). The fourth-order valence-electron chi connectivity index (χ4n) is 1.93. The Hall–Kier alpha value is -1.81. The normalized spacial score (nSPS) is 12.4. The lowest BCUT2D eigenvalue weighted by molar-refractivity contribution is 0.409. The molecule has 0 fully saturated rings. The van der Waals surface area contributed by atoms with E-state index in [0.29, 0.717) is 17.7 Å². The number of furan rings is 1. The first-order valence-corrected chi connectivity index (χ1v) is 5.76. The highest BCUT2D eigenvalue weighted by Crippen LogP contribution is 2.24. The van der Waals surface area contributed by atoms with Crippen LogP contribution in [0, 0.1) is 5.82 Å². The van der Waals surface area contributed by atoms with Gasteiger partial charge >= 0.3 is 0 Å². The van der Waals surface area contributed by atoms with Gasteiger partial charge in [0.25, 0.3) is 0 Å². The van der Waals surface area contributed by atoms with Gasteiger partial charge in [-0.15, -0.1) is 0 Å². The van der Waals surface area contributed by atoms with Crippen LogP contribution in [0.1, 0.15) is 17.2 Å². The van der Waals surface area contributed by atoms with Crippen LogP contribution in [0.2, 0.25) is 0 Å². The lowest BCUT2D eigenvalue weighted by Crippen LogP contribution is -2.19. The molecule has 0 bridgehead atoms. The van der Waals surface area contributed by atoms with Crippen molar-refractivity contribution in [2.24, 2.45) is 0 Å². The maximum atomic E-state index is 14.0. The van der Waals surface area contributed by atoms with Gasteiger partial charge in [0.05, 0.1) is 19.6 Å². The van der Waals surface area contributed by atoms with Crippen LogP contribution in [0.3, 0.4) is 0 Å². The fourth-order valence-corrected chi connectivity index (χ4v) is 1.93. The van der Waals surface area contributed by atoms with Gasteiger partial charge in [-0.2, -0.15) is 0 Å². The molecule has 1 aromatic carbocycles. The zero-order valence-corrected chi connectivity index (χ0v) is 10.4. The second kappa shape index (κ2) is 5.69. The summed E-state index contributed by atoms with van der Waals surface area (Å²) in [5.41, 5.74) is 1.66. The number of nitrogens with one attached hydrogen (secondary N) is 1. The van der Waals surface area contributed by atoms with E-state index in [1.807, 2.05) is 13.1 Å². The number of rotatable bonds is 5. The van der Waals surface area contributed by atoms with E-state index in [4.69, 9.17) is 9.15 Å². The molecule has 0 aliphatic rings. The summed E-state index contributed by atoms with van der Waals surface area (Å²) in [6, 6.07) is 6.70. The van der Waals surface area contributed by atoms with E-state index in [-0.39, 0.29) is 11.9 Å². The summed E-state index contributed by atoms with van der Waals surface area (Å²) >= 11 is 0. The van der Waals surface area contributed by atoms with Crippen LogP contribution in [0.4, 0.5) is 4.39 Å². The zero-order chi connectivity index (χ0) is 13.0. The third-order valence-electron chi connectivity index (χ3n) is 2.95. The monoisotopic (exact) mass is 249 g/mol. The Bertz CT molecular complexity index is 497. The molecule has 0 aliphatic carbocycles. The minimum atomic E-state index is -0.266. The van der Waals surface area contributed by atoms with Crippen molar-refractivity contribution in [1.82, 2.24) is 5.32 Å². The van der Waals surface area contributed by atoms with Gasteiger partial charge in [0.1, 0.15) is 11.6 Å². The standard InChI is InChI=1S/C14H16FNO2/c1-16-14(7-10-5-6-18-9-10)12-4-3-11(17-2)8-13(12)15/h3-6,8-9,14,16H,7H2,1-2H3. The summed E-state index contributed by atoms with van der Waals surface area (Å²) in [6.07, 6.45) is 3.97. The molecule has 0 saturated carbocycles. The Morgan fingerprint density at radius 2 is 2.22 bits per heavy atom. The molecular formula is C14H16FNO2. The maximum Gasteiger partial charge on any atom is 0.131 e. The first-order valence-electron chi connectivity index (χ1n) is 5.76. The van der Waals surface area contributed by atoms with E-state index in [1.54, 1.807) is 24.7 Å². The van der Waals surface area contributed by atoms with Gasteiger partial charge < -0.3 is 14.5 Å². The molecule has 0 radical (unpaired) electrons. The predicted octanol–water partition coefficient (Wildman–Crippen LogP) is 2.93. The van der Waals surface area contributed by atoms with E-state index >= 15 is 0 Å². The SMILES string of the molecule is CNC(Cc1ccoc1)c1ccc(OC)cc1F. The van der Waals surface area contributed by atoms with Crippen LogP contribution in [0.25, 0.3) is 0 Å². The predicted molar refractivity (Wildman–Crippen MR) is 67.2 cm³/mol. The van der Waals surface area contributed by atoms with E-state index in [9.17, 15) is 4.39 Å². The number of hydrogen-bond acceptors (Lipinski definition) is 3. The van der Waals surface area contributed by atoms with Crippen LogP contribution in [0.5, 0.6) is 5.75 Å². The largest absolute Gasteiger partial charge is 0.497 e. The number of ether oxygens (including phenoxy) is 1. The second-order valence-electron chi connectivity index (χ2n) is 4.06. The molecule has 1 N–H and O–H groups in total. The van der Waals surface area contributed by atoms with E-state index in [2.05, 4.69) is 5.32 Å². The minimum Gasteiger partial charge on any atom is -0.497 e. The highest BCUT2D eigenvalue weighted by molar-refractivity contribution is 5.31. The minimum absolute atomic E-state index is 0.0893. The van der Waals surface area contributed by atoms with Crippen molar-refractivity contribution < 1.29 is 13.5 Å². The number of hydrogen-bond donors (Lipinski definition) is 1. The summed E-state index contributed by atoms with van der Waals surface area (Å²) in [5.74, 6) is 0.256. The smallest absolute Gasteiger partial charge is 0.131 e. The Labute approximate surface area is 106 Å². The molecule has 96 valence electrons. The van der Waals surface area contributed by atoms with Gasteiger partial charge in [-0.3, -0.25) is 0 Å². The molecule has 0 amide bonds. The molecule has 1 atom stereocenters. The Kier molecular flexibility index (Phi) is 3.99. The molecule has 0 spiro atoms. The molecule has 18 heavy (non-hydrogen) atoms. The van der Waals surface area contributed by atoms with Crippen molar-refractivity contribution in [3.63, 3.8) is 0 Å². The molecule has 0 saturated heterocycles. The summed E-state index contributed by atoms with van der Waals surface area (Å²) in [4.78, 5) is 0. The van der Waals surface area contributed by atoms with Gasteiger partial charge in [0.15, 0.2) is 0 Å². The van der Waals surface area contributed by atoms with Crippen molar-refractivity contribution in [1.29, 1.82) is 0 Å². The summed E-state index contributed by atoms with van der Waals surface area (Å²) in [5, 5.41) is 3.11. The second-order valence-corrected chi connectivity index (χ2v) is 4.06. The van der Waals surface area contributed by atoms with E-state index < -0.39 is 0 Å². The molecule has 1 heterocycles. The molecule has 1 aromatic heterocycles. The summed E-state index contributed by atoms with van der Waals surface area (Å²) in [6.45, 7) is 0. The topological polar surface area (TPSA) is 34.4 Å².